The zero-order valence-electron chi connectivity index (χ0n) is 12.0. The van der Waals surface area contributed by atoms with Gasteiger partial charge in [0, 0.05) is 32.1 Å². The van der Waals surface area contributed by atoms with Gasteiger partial charge in [0.1, 0.15) is 0 Å². The van der Waals surface area contributed by atoms with E-state index in [-0.39, 0.29) is 19.0 Å². The number of carbonyl (C=O) groups excluding carboxylic acids is 1. The van der Waals surface area contributed by atoms with Crippen LogP contribution in [0.4, 0.5) is 13.2 Å². The topological polar surface area (TPSA) is 53.4 Å². The number of thioether (sulfide) groups is 1. The minimum Gasteiger partial charge on any atom is -0.380 e. The first-order valence-corrected chi connectivity index (χ1v) is 7.76. The number of likely N-dealkylation sites (tertiary alicyclic amines) is 1. The van der Waals surface area contributed by atoms with Crippen molar-refractivity contribution in [3.05, 3.63) is 24.4 Å². The van der Waals surface area contributed by atoms with Gasteiger partial charge in [-0.05, 0) is 19.1 Å². The van der Waals surface area contributed by atoms with Crippen molar-refractivity contribution in [2.24, 2.45) is 0 Å². The van der Waals surface area contributed by atoms with Gasteiger partial charge in [0.25, 0.3) is 0 Å². The average Bonchev–Trinajstić information content (AvgIpc) is 2.47. The molecule has 1 aliphatic heterocycles. The van der Waals surface area contributed by atoms with Crippen molar-refractivity contribution in [1.82, 2.24) is 9.88 Å². The second kappa shape index (κ2) is 6.45. The number of rotatable bonds is 3. The monoisotopic (exact) mass is 334 g/mol. The molecule has 22 heavy (non-hydrogen) atoms. The van der Waals surface area contributed by atoms with Gasteiger partial charge in [0.15, 0.2) is 5.60 Å². The highest BCUT2D eigenvalue weighted by atomic mass is 32.2. The fourth-order valence-corrected chi connectivity index (χ4v) is 3.18. The maximum atomic E-state index is 12.7. The maximum Gasteiger partial charge on any atom is 0.417 e. The Bertz CT molecular complexity index is 517. The lowest BCUT2D eigenvalue weighted by Crippen LogP contribution is -2.55. The van der Waals surface area contributed by atoms with E-state index in [4.69, 9.17) is 0 Å². The molecule has 2 heterocycles. The van der Waals surface area contributed by atoms with Crippen molar-refractivity contribution in [3.8, 4) is 0 Å². The summed E-state index contributed by atoms with van der Waals surface area (Å²) in [4.78, 5) is 17.8. The summed E-state index contributed by atoms with van der Waals surface area (Å²) in [6.45, 7) is 1.51. The summed E-state index contributed by atoms with van der Waals surface area (Å²) in [5.41, 5.74) is -2.68. The summed E-state index contributed by atoms with van der Waals surface area (Å²) >= 11 is 1.26. The zero-order chi connectivity index (χ0) is 16.4. The standard InChI is InChI=1S/C14H17F3N2O2S/c1-10(22-11-4-2-3-7-18-11)12(20)19-8-5-13(21,6-9-19)14(15,16)17/h2-4,7,10,21H,5-6,8-9H2,1H3. The van der Waals surface area contributed by atoms with E-state index in [0.717, 1.165) is 0 Å². The maximum absolute atomic E-state index is 12.7. The molecule has 0 aromatic carbocycles. The summed E-state index contributed by atoms with van der Waals surface area (Å²) in [6.07, 6.45) is -4.01. The highest BCUT2D eigenvalue weighted by Crippen LogP contribution is 2.38. The van der Waals surface area contributed by atoms with Crippen LogP contribution in [0, 0.1) is 0 Å². The fourth-order valence-electron chi connectivity index (χ4n) is 2.29. The number of nitrogens with zero attached hydrogens (tertiary/aromatic N) is 2. The number of halogens is 3. The van der Waals surface area contributed by atoms with E-state index in [1.807, 2.05) is 0 Å². The lowest BCUT2D eigenvalue weighted by molar-refractivity contribution is -0.272. The van der Waals surface area contributed by atoms with Gasteiger partial charge in [-0.15, -0.1) is 0 Å². The largest absolute Gasteiger partial charge is 0.417 e. The molecule has 1 saturated heterocycles. The highest BCUT2D eigenvalue weighted by Gasteiger charge is 2.55. The number of hydrogen-bond acceptors (Lipinski definition) is 4. The van der Waals surface area contributed by atoms with Crippen LogP contribution >= 0.6 is 11.8 Å². The number of aliphatic hydroxyl groups is 1. The van der Waals surface area contributed by atoms with Crippen LogP contribution < -0.4 is 0 Å². The van der Waals surface area contributed by atoms with Gasteiger partial charge in [-0.1, -0.05) is 17.8 Å². The molecule has 4 nitrogen and oxygen atoms in total. The van der Waals surface area contributed by atoms with Gasteiger partial charge in [-0.2, -0.15) is 13.2 Å². The Balaban J connectivity index is 1.92. The molecule has 0 saturated carbocycles. The van der Waals surface area contributed by atoms with E-state index >= 15 is 0 Å². The molecule has 1 atom stereocenters. The summed E-state index contributed by atoms with van der Waals surface area (Å²) in [7, 11) is 0. The molecule has 122 valence electrons. The normalized spacial score (nSPS) is 19.8. The van der Waals surface area contributed by atoms with Crippen molar-refractivity contribution in [2.75, 3.05) is 13.1 Å². The number of amides is 1. The number of aromatic nitrogens is 1. The van der Waals surface area contributed by atoms with Crippen molar-refractivity contribution in [2.45, 2.75) is 41.8 Å². The first kappa shape index (κ1) is 17.1. The third kappa shape index (κ3) is 3.73. The Morgan fingerprint density at radius 3 is 2.55 bits per heavy atom. The third-order valence-electron chi connectivity index (χ3n) is 3.71. The number of piperidine rings is 1. The van der Waals surface area contributed by atoms with Crippen molar-refractivity contribution >= 4 is 17.7 Å². The molecular formula is C14H17F3N2O2S. The Hall–Kier alpha value is -1.28. The molecule has 1 aromatic rings. The molecule has 2 rings (SSSR count). The van der Waals surface area contributed by atoms with E-state index in [9.17, 15) is 23.1 Å². The first-order valence-electron chi connectivity index (χ1n) is 6.88. The number of hydrogen-bond donors (Lipinski definition) is 1. The molecule has 8 heteroatoms. The lowest BCUT2D eigenvalue weighted by atomic mass is 9.90. The highest BCUT2D eigenvalue weighted by molar-refractivity contribution is 8.00. The molecule has 1 N–H and O–H groups in total. The summed E-state index contributed by atoms with van der Waals surface area (Å²) in [6, 6.07) is 5.34. The van der Waals surface area contributed by atoms with Gasteiger partial charge in [0.2, 0.25) is 5.91 Å². The van der Waals surface area contributed by atoms with Gasteiger partial charge in [-0.3, -0.25) is 4.79 Å². The molecule has 0 radical (unpaired) electrons. The summed E-state index contributed by atoms with van der Waals surface area (Å²) < 4.78 is 38.2. The second-order valence-electron chi connectivity index (χ2n) is 5.28. The molecule has 1 unspecified atom stereocenters. The van der Waals surface area contributed by atoms with Crippen molar-refractivity contribution in [3.63, 3.8) is 0 Å². The summed E-state index contributed by atoms with van der Waals surface area (Å²) in [5, 5.41) is 9.85. The molecule has 1 aromatic heterocycles. The molecule has 1 amide bonds. The molecule has 0 spiro atoms. The molecule has 1 fully saturated rings. The number of carbonyl (C=O) groups is 1. The second-order valence-corrected chi connectivity index (χ2v) is 6.64. The van der Waals surface area contributed by atoms with Gasteiger partial charge < -0.3 is 10.0 Å². The Labute approximate surface area is 130 Å². The van der Waals surface area contributed by atoms with Gasteiger partial charge in [0.05, 0.1) is 10.3 Å². The van der Waals surface area contributed by atoms with Crippen LogP contribution in [-0.2, 0) is 4.79 Å². The van der Waals surface area contributed by atoms with E-state index in [2.05, 4.69) is 4.98 Å². The van der Waals surface area contributed by atoms with Crippen molar-refractivity contribution < 1.29 is 23.1 Å². The molecule has 0 bridgehead atoms. The van der Waals surface area contributed by atoms with E-state index in [1.165, 1.54) is 16.7 Å². The van der Waals surface area contributed by atoms with E-state index in [1.54, 1.807) is 31.3 Å². The minimum atomic E-state index is -4.66. The predicted octanol–water partition coefficient (Wildman–Crippen LogP) is 2.48. The smallest absolute Gasteiger partial charge is 0.380 e. The van der Waals surface area contributed by atoms with Crippen LogP contribution in [0.3, 0.4) is 0 Å². The van der Waals surface area contributed by atoms with E-state index in [0.29, 0.717) is 5.03 Å². The SMILES string of the molecule is CC(Sc1ccccn1)C(=O)N1CCC(O)(C(F)(F)F)CC1. The number of pyridine rings is 1. The van der Waals surface area contributed by atoms with Crippen molar-refractivity contribution in [1.29, 1.82) is 0 Å². The van der Waals surface area contributed by atoms with Crippen LogP contribution in [0.2, 0.25) is 0 Å². The van der Waals surface area contributed by atoms with Crippen LogP contribution in [0.15, 0.2) is 29.4 Å². The van der Waals surface area contributed by atoms with Gasteiger partial charge in [-0.25, -0.2) is 4.98 Å². The fraction of sp³-hybridized carbons (Fsp3) is 0.571. The van der Waals surface area contributed by atoms with Crippen LogP contribution in [0.25, 0.3) is 0 Å². The van der Waals surface area contributed by atoms with Crippen LogP contribution in [0.1, 0.15) is 19.8 Å². The Morgan fingerprint density at radius 2 is 2.05 bits per heavy atom. The summed E-state index contributed by atoms with van der Waals surface area (Å²) in [5.74, 6) is -0.236. The quantitative estimate of drug-likeness (QED) is 0.863. The third-order valence-corrected chi connectivity index (χ3v) is 4.75. The zero-order valence-corrected chi connectivity index (χ0v) is 12.8. The molecule has 0 aliphatic carbocycles. The Kier molecular flexibility index (Phi) is 5.01. The van der Waals surface area contributed by atoms with Gasteiger partial charge >= 0.3 is 6.18 Å². The molecular weight excluding hydrogens is 317 g/mol. The first-order chi connectivity index (χ1) is 10.2. The average molecular weight is 334 g/mol. The number of alkyl halides is 3. The Morgan fingerprint density at radius 1 is 1.41 bits per heavy atom. The predicted molar refractivity (Wildman–Crippen MR) is 76.4 cm³/mol. The molecule has 1 aliphatic rings. The van der Waals surface area contributed by atoms with Crippen LogP contribution in [0.5, 0.6) is 0 Å². The van der Waals surface area contributed by atoms with E-state index < -0.39 is 29.9 Å². The van der Waals surface area contributed by atoms with Crippen LogP contribution in [-0.4, -0.2) is 51.0 Å². The lowest BCUT2D eigenvalue weighted by Gasteiger charge is -2.39. The minimum absolute atomic E-state index is 0.0953.